The lowest BCUT2D eigenvalue weighted by atomic mass is 9.46. The first-order chi connectivity index (χ1) is 36.4. The second-order valence-corrected chi connectivity index (χ2v) is 25.3. The van der Waals surface area contributed by atoms with Gasteiger partial charge in [-0.25, -0.2) is 9.36 Å². The third kappa shape index (κ3) is 12.9. The van der Waals surface area contributed by atoms with Crippen LogP contribution in [0.2, 0.25) is 0 Å². The smallest absolute Gasteiger partial charge is 0.441 e. The van der Waals surface area contributed by atoms with E-state index < -0.39 is 55.3 Å². The number of piperazine rings is 1. The van der Waals surface area contributed by atoms with Crippen LogP contribution in [0.4, 0.5) is 4.79 Å². The number of likely N-dealkylation sites (N-methyl/N-ethyl adjacent to an activating group) is 1. The fraction of sp³-hybridized carbons (Fsp3) is 0.678. The van der Waals surface area contributed by atoms with Crippen molar-refractivity contribution < 1.29 is 66.9 Å². The van der Waals surface area contributed by atoms with E-state index in [1.165, 1.54) is 18.1 Å². The van der Waals surface area contributed by atoms with Crippen molar-refractivity contribution in [1.29, 1.82) is 0 Å². The van der Waals surface area contributed by atoms with Crippen molar-refractivity contribution in [3.8, 4) is 5.75 Å². The van der Waals surface area contributed by atoms with Gasteiger partial charge in [0.2, 0.25) is 0 Å². The summed E-state index contributed by atoms with van der Waals surface area (Å²) < 4.78 is 43.2. The number of hydrogen-bond donors (Lipinski definition) is 5. The Morgan fingerprint density at radius 2 is 1.66 bits per heavy atom. The average molecular weight is 1080 g/mol. The highest BCUT2D eigenvalue weighted by Crippen LogP contribution is 2.71. The molecule has 2 heterocycles. The number of aliphatic hydroxyl groups excluding tert-OH is 2. The van der Waals surface area contributed by atoms with Gasteiger partial charge in [-0.1, -0.05) is 94.0 Å². The van der Waals surface area contributed by atoms with Gasteiger partial charge in [-0.05, 0) is 117 Å². The summed E-state index contributed by atoms with van der Waals surface area (Å²) in [5.41, 5.74) is 2.33. The quantitative estimate of drug-likeness (QED) is 0.0402. The Labute approximate surface area is 449 Å². The summed E-state index contributed by atoms with van der Waals surface area (Å²) in [6.45, 7) is 8.30. The third-order valence-electron chi connectivity index (χ3n) is 18.7. The van der Waals surface area contributed by atoms with Crippen LogP contribution in [0.15, 0.2) is 72.3 Å². The number of carbonyl (C=O) groups is 3. The molecule has 7 aliphatic rings. The first-order valence-electron chi connectivity index (χ1n) is 28.5. The van der Waals surface area contributed by atoms with Crippen molar-refractivity contribution in [2.45, 2.75) is 147 Å². The maximum atomic E-state index is 14.6. The Bertz CT molecular complexity index is 2450. The number of phosphoric ester groups is 1. The van der Waals surface area contributed by atoms with E-state index in [0.29, 0.717) is 80.1 Å². The number of nitrogens with one attached hydrogen (secondary N) is 1. The van der Waals surface area contributed by atoms with Crippen molar-refractivity contribution in [1.82, 2.24) is 10.2 Å². The molecule has 1 spiro atoms. The Balaban J connectivity index is 0.751. The molecule has 76 heavy (non-hydrogen) atoms. The Morgan fingerprint density at radius 1 is 0.934 bits per heavy atom. The van der Waals surface area contributed by atoms with Crippen LogP contribution < -0.4 is 9.84 Å². The second-order valence-electron chi connectivity index (χ2n) is 24.1. The van der Waals surface area contributed by atoms with Gasteiger partial charge in [-0.2, -0.15) is 0 Å². The number of fused-ring (bicyclic) bond motifs is 6. The minimum absolute atomic E-state index is 0.0283. The molecule has 4 saturated carbocycles. The van der Waals surface area contributed by atoms with Gasteiger partial charge in [0.15, 0.2) is 30.3 Å². The van der Waals surface area contributed by atoms with Crippen molar-refractivity contribution in [3.05, 3.63) is 89.0 Å². The zero-order valence-corrected chi connectivity index (χ0v) is 46.1. The molecule has 2 aromatic rings. The van der Waals surface area contributed by atoms with Crippen LogP contribution in [0.25, 0.3) is 0 Å². The largest absolute Gasteiger partial charge is 0.524 e. The zero-order valence-electron chi connectivity index (χ0n) is 45.2. The van der Waals surface area contributed by atoms with E-state index in [1.807, 2.05) is 19.2 Å². The van der Waals surface area contributed by atoms with Crippen molar-refractivity contribution >= 4 is 25.5 Å². The number of allylic oxidation sites excluding steroid dienone is 4. The molecule has 2 aliphatic heterocycles. The molecule has 0 radical (unpaired) electrons. The monoisotopic (exact) mass is 1070 g/mol. The van der Waals surface area contributed by atoms with E-state index >= 15 is 0 Å². The van der Waals surface area contributed by atoms with Crippen molar-refractivity contribution in [2.24, 2.45) is 40.4 Å². The number of ether oxygens (including phenoxy) is 4. The number of ketones is 2. The number of carbonyl (C=O) groups excluding carboxylic acids is 3. The predicted octanol–water partition coefficient (Wildman–Crippen LogP) is 8.50. The van der Waals surface area contributed by atoms with Gasteiger partial charge >= 0.3 is 13.9 Å². The van der Waals surface area contributed by atoms with Crippen LogP contribution >= 0.6 is 7.82 Å². The average Bonchev–Trinajstić information content (AvgIpc) is 3.92. The summed E-state index contributed by atoms with van der Waals surface area (Å²) in [7, 11) is -2.90. The van der Waals surface area contributed by atoms with Crippen LogP contribution in [0, 0.1) is 40.4 Å². The SMILES string of the molecule is C[C@]12C=CC(=O)C=C1CCC1C2C(O)C[C@@]2(C)C1C1(C[C@@H]2C(=O)COC(=O)N2CC[N+](C)(Cc3cc(C(O)CNCCCCCCOCCCCc4ccccc4)ccc3OP(=O)(O)O)CC2)OC(C2CCCCC2)O1. The van der Waals surface area contributed by atoms with Gasteiger partial charge in [0.25, 0.3) is 0 Å². The summed E-state index contributed by atoms with van der Waals surface area (Å²) in [5, 5.41) is 26.7. The van der Waals surface area contributed by atoms with Gasteiger partial charge in [0.05, 0.1) is 45.4 Å². The summed E-state index contributed by atoms with van der Waals surface area (Å²) in [6, 6.07) is 15.4. The third-order valence-corrected chi connectivity index (χ3v) is 19.2. The molecule has 5 N–H and O–H groups in total. The molecular formula is C59H85N3O13P+. The zero-order chi connectivity index (χ0) is 53.7. The van der Waals surface area contributed by atoms with Crippen LogP contribution in [-0.2, 0) is 46.1 Å². The Kier molecular flexibility index (Phi) is 18.2. The second kappa shape index (κ2) is 24.3. The minimum atomic E-state index is -4.90. The van der Waals surface area contributed by atoms with E-state index in [-0.39, 0.29) is 41.4 Å². The van der Waals surface area contributed by atoms with E-state index in [0.717, 1.165) is 102 Å². The first kappa shape index (κ1) is 56.9. The van der Waals surface area contributed by atoms with Gasteiger partial charge in [-0.3, -0.25) is 24.3 Å². The van der Waals surface area contributed by atoms with Crippen LogP contribution in [-0.4, -0.2) is 131 Å². The molecule has 0 aromatic heterocycles. The maximum absolute atomic E-state index is 14.6. The molecule has 2 saturated heterocycles. The summed E-state index contributed by atoms with van der Waals surface area (Å²) in [6.07, 6.45) is 17.9. The van der Waals surface area contributed by atoms with Gasteiger partial charge < -0.3 is 43.5 Å². The fourth-order valence-electron chi connectivity index (χ4n) is 14.8. The fourth-order valence-corrected chi connectivity index (χ4v) is 15.2. The number of benzene rings is 2. The molecule has 16 nitrogen and oxygen atoms in total. The van der Waals surface area contributed by atoms with Crippen LogP contribution in [0.3, 0.4) is 0 Å². The summed E-state index contributed by atoms with van der Waals surface area (Å²) >= 11 is 0. The molecule has 5 unspecified atom stereocenters. The van der Waals surface area contributed by atoms with Crippen molar-refractivity contribution in [3.63, 3.8) is 0 Å². The summed E-state index contributed by atoms with van der Waals surface area (Å²) in [5.74, 6) is -1.88. The van der Waals surface area contributed by atoms with Gasteiger partial charge in [0.1, 0.15) is 12.3 Å². The number of hydrogen-bond acceptors (Lipinski definition) is 12. The number of phosphoric acid groups is 1. The maximum Gasteiger partial charge on any atom is 0.524 e. The molecule has 8 atom stereocenters. The number of rotatable bonds is 23. The molecule has 0 bridgehead atoms. The van der Waals surface area contributed by atoms with Crippen molar-refractivity contribution in [2.75, 3.05) is 66.1 Å². The molecule has 418 valence electrons. The number of aliphatic hydroxyl groups is 2. The predicted molar refractivity (Wildman–Crippen MR) is 285 cm³/mol. The molecule has 2 aromatic carbocycles. The number of Topliss-reactive ketones (excluding diaryl/α,β-unsaturated/α-hetero) is 1. The standard InChI is InChI=1S/C59H84N3O13P/c1-57-26-25-46(63)35-45(57)22-23-47-53(57)49(64)37-58(2)48(36-59(54(47)58)73-55(74-59)42-19-10-7-11-20-42)51(66)40-72-56(67)61-28-30-62(3,31-29-61)39-44-34-43(21-24-52(44)75-76(68,69)70)50(65)38-60-27-13-4-5-14-32-71-33-15-12-18-41-16-8-6-9-17-41/h6,8-9,16-17,21,24-26,34-35,42,47-50,53-55,60,64-65H,4-5,7,10-15,18-20,22-23,27-33,36-40H2,1-3H3,(H-,68,69,70)/p+1/t47?,48-,49?,50?,53?,54?,55?,57+,58-,59?/m1/s1. The number of amides is 1. The van der Waals surface area contributed by atoms with Gasteiger partial charge in [-0.15, -0.1) is 0 Å². The minimum Gasteiger partial charge on any atom is -0.441 e. The highest BCUT2D eigenvalue weighted by atomic mass is 31.2. The number of aryl methyl sites for hydroxylation is 1. The number of nitrogens with zero attached hydrogens (tertiary/aromatic N) is 2. The number of unbranched alkanes of at least 4 members (excludes halogenated alkanes) is 4. The topological polar surface area (TPSA) is 211 Å². The first-order valence-corrected chi connectivity index (χ1v) is 30.1. The molecule has 9 rings (SSSR count). The van der Waals surface area contributed by atoms with Gasteiger partial charge in [0, 0.05) is 60.8 Å². The normalized spacial score (nSPS) is 31.4. The lowest BCUT2D eigenvalue weighted by Crippen LogP contribution is -2.66. The molecular weight excluding hydrogens is 990 g/mol. The summed E-state index contributed by atoms with van der Waals surface area (Å²) in [4.78, 5) is 62.0. The molecule has 1 amide bonds. The lowest BCUT2D eigenvalue weighted by Gasteiger charge is -2.63. The van der Waals surface area contributed by atoms with E-state index in [2.05, 4.69) is 43.4 Å². The van der Waals surface area contributed by atoms with Crippen LogP contribution in [0.5, 0.6) is 5.75 Å². The highest BCUT2D eigenvalue weighted by molar-refractivity contribution is 7.46. The molecule has 17 heteroatoms. The van der Waals surface area contributed by atoms with Crippen LogP contribution in [0.1, 0.15) is 133 Å². The van der Waals surface area contributed by atoms with E-state index in [1.54, 1.807) is 29.2 Å². The molecule has 5 aliphatic carbocycles. The Hall–Kier alpha value is -3.80. The lowest BCUT2D eigenvalue weighted by molar-refractivity contribution is -0.926. The number of quaternary nitrogens is 1. The molecule has 6 fully saturated rings. The van der Waals surface area contributed by atoms with E-state index in [4.69, 9.17) is 23.5 Å². The highest BCUT2D eigenvalue weighted by Gasteiger charge is 2.74. The Morgan fingerprint density at radius 3 is 2.39 bits per heavy atom. The van der Waals surface area contributed by atoms with E-state index in [9.17, 15) is 38.9 Å².